The van der Waals surface area contributed by atoms with Crippen molar-refractivity contribution in [1.29, 1.82) is 0 Å². The fourth-order valence-corrected chi connectivity index (χ4v) is 16.4. The third-order valence-corrected chi connectivity index (χ3v) is 20.1. The molecule has 0 radical (unpaired) electrons. The Morgan fingerprint density at radius 2 is 0.702 bits per heavy atom. The van der Waals surface area contributed by atoms with E-state index >= 15 is 0 Å². The molecule has 0 fully saturated rings. The van der Waals surface area contributed by atoms with E-state index in [2.05, 4.69) is 102 Å². The molecular weight excluding hydrogens is 811 g/mol. The molecule has 9 heterocycles. The lowest BCUT2D eigenvalue weighted by atomic mass is 9.99. The fraction of sp³-hybridized carbons (Fsp3) is 0.500. The summed E-state index contributed by atoms with van der Waals surface area (Å²) in [5.41, 5.74) is 8.68. The van der Waals surface area contributed by atoms with E-state index in [4.69, 9.17) is 0 Å². The Morgan fingerprint density at radius 1 is 0.404 bits per heavy atom. The summed E-state index contributed by atoms with van der Waals surface area (Å²) in [4.78, 5) is 5.75. The van der Waals surface area contributed by atoms with E-state index in [-0.39, 0.29) is 0 Å². The molecule has 9 aromatic heterocycles. The van der Waals surface area contributed by atoms with Crippen molar-refractivity contribution >= 4 is 129 Å². The van der Waals surface area contributed by atoms with Crippen LogP contribution in [0.15, 0.2) is 47.2 Å². The second kappa shape index (κ2) is 17.3. The van der Waals surface area contributed by atoms with Gasteiger partial charge in [0.2, 0.25) is 0 Å². The number of nitrogens with zero attached hydrogens (tertiary/aromatic N) is 3. The zero-order valence-electron chi connectivity index (χ0n) is 34.7. The maximum absolute atomic E-state index is 2.74. The quantitative estimate of drug-likeness (QED) is 0.0725. The highest BCUT2D eigenvalue weighted by molar-refractivity contribution is 7.35. The third-order valence-electron chi connectivity index (χ3n) is 12.9. The number of thiophene rings is 6. The van der Waals surface area contributed by atoms with Crippen LogP contribution in [0.1, 0.15) is 119 Å². The summed E-state index contributed by atoms with van der Waals surface area (Å²) < 4.78 is 17.0. The maximum Gasteiger partial charge on any atom is 0.0708 e. The Bertz CT molecular complexity index is 2560. The molecule has 0 bridgehead atoms. The minimum atomic E-state index is 0.696. The van der Waals surface area contributed by atoms with Crippen LogP contribution in [0.4, 0.5) is 0 Å². The van der Waals surface area contributed by atoms with Gasteiger partial charge >= 0.3 is 0 Å². The summed E-state index contributed by atoms with van der Waals surface area (Å²) in [5.74, 6) is 2.16. The van der Waals surface area contributed by atoms with Gasteiger partial charge in [0, 0.05) is 39.1 Å². The lowest BCUT2D eigenvalue weighted by molar-refractivity contribution is 0.401. The van der Waals surface area contributed by atoms with Crippen molar-refractivity contribution in [1.82, 2.24) is 13.7 Å². The van der Waals surface area contributed by atoms with Gasteiger partial charge in [0.25, 0.3) is 0 Å². The average molecular weight is 870 g/mol. The molecule has 0 amide bonds. The minimum Gasteiger partial charge on any atom is -0.339 e. The van der Waals surface area contributed by atoms with Crippen molar-refractivity contribution < 1.29 is 0 Å². The molecule has 0 spiro atoms. The van der Waals surface area contributed by atoms with Gasteiger partial charge in [0.05, 0.1) is 61.3 Å². The van der Waals surface area contributed by atoms with Crippen LogP contribution in [0.3, 0.4) is 0 Å². The molecule has 0 aliphatic carbocycles. The van der Waals surface area contributed by atoms with Crippen LogP contribution in [-0.4, -0.2) is 13.7 Å². The molecule has 0 aromatic carbocycles. The Labute approximate surface area is 362 Å². The fourth-order valence-electron chi connectivity index (χ4n) is 9.34. The predicted octanol–water partition coefficient (Wildman–Crippen LogP) is 18.4. The highest BCUT2D eigenvalue weighted by Gasteiger charge is 2.25. The van der Waals surface area contributed by atoms with E-state index in [0.29, 0.717) is 5.92 Å². The van der Waals surface area contributed by atoms with Crippen molar-refractivity contribution in [2.75, 3.05) is 0 Å². The van der Waals surface area contributed by atoms with Gasteiger partial charge in [-0.15, -0.1) is 68.0 Å². The van der Waals surface area contributed by atoms with Crippen LogP contribution in [0.5, 0.6) is 0 Å². The van der Waals surface area contributed by atoms with Crippen LogP contribution in [0.25, 0.3) is 80.8 Å². The molecule has 3 atom stereocenters. The first-order valence-electron chi connectivity index (χ1n) is 22.0. The van der Waals surface area contributed by atoms with Gasteiger partial charge in [-0.2, -0.15) is 0 Å². The second-order valence-electron chi connectivity index (χ2n) is 16.7. The molecule has 3 unspecified atom stereocenters. The van der Waals surface area contributed by atoms with Crippen LogP contribution in [-0.2, 0) is 19.6 Å². The molecule has 302 valence electrons. The van der Waals surface area contributed by atoms with Gasteiger partial charge < -0.3 is 13.7 Å². The standard InChI is InChI=1S/C48H59N3S6/c1-7-13-16-30(10-4)27-49-33-19-21-52-43(33)45-35(49)23-39(54-45)41-25-37-47(56-41)48-38(51(37)29-32(12-6)18-15-9-3)26-42(57-48)40-24-36-46(55-40)44-34(20-22-53-44)50(36)28-31(11-5)17-14-8-2/h19-26,30-32H,7-18,27-29H2,1-6H3. The maximum atomic E-state index is 2.74. The monoisotopic (exact) mass is 869 g/mol. The number of aromatic nitrogens is 3. The first-order valence-corrected chi connectivity index (χ1v) is 27.0. The van der Waals surface area contributed by atoms with E-state index in [1.165, 1.54) is 158 Å². The molecule has 0 N–H and O–H groups in total. The van der Waals surface area contributed by atoms with E-state index in [0.717, 1.165) is 31.5 Å². The van der Waals surface area contributed by atoms with E-state index in [1.54, 1.807) is 0 Å². The van der Waals surface area contributed by atoms with Crippen LogP contribution < -0.4 is 0 Å². The molecule has 57 heavy (non-hydrogen) atoms. The largest absolute Gasteiger partial charge is 0.339 e. The molecule has 9 aromatic rings. The average Bonchev–Trinajstić information content (AvgIpc) is 4.06. The highest BCUT2D eigenvalue weighted by Crippen LogP contribution is 2.51. The van der Waals surface area contributed by atoms with Crippen LogP contribution >= 0.6 is 68.0 Å². The van der Waals surface area contributed by atoms with Gasteiger partial charge in [0.15, 0.2) is 0 Å². The molecule has 3 nitrogen and oxygen atoms in total. The van der Waals surface area contributed by atoms with E-state index < -0.39 is 0 Å². The third kappa shape index (κ3) is 7.32. The van der Waals surface area contributed by atoms with Crippen molar-refractivity contribution in [3.05, 3.63) is 47.2 Å². The number of unbranched alkanes of at least 4 members (excludes halogenated alkanes) is 3. The zero-order chi connectivity index (χ0) is 39.2. The number of fused-ring (bicyclic) bond motifs is 9. The lowest BCUT2D eigenvalue weighted by Gasteiger charge is -2.16. The second-order valence-corrected chi connectivity index (χ2v) is 22.7. The summed E-state index contributed by atoms with van der Waals surface area (Å²) in [7, 11) is 0. The summed E-state index contributed by atoms with van der Waals surface area (Å²) in [6, 6.07) is 14.9. The van der Waals surface area contributed by atoms with Crippen molar-refractivity contribution in [2.24, 2.45) is 17.8 Å². The Morgan fingerprint density at radius 3 is 1.00 bits per heavy atom. The summed E-state index contributed by atoms with van der Waals surface area (Å²) in [5, 5.41) is 4.61. The number of hydrogen-bond acceptors (Lipinski definition) is 6. The van der Waals surface area contributed by atoms with Gasteiger partial charge in [-0.3, -0.25) is 0 Å². The van der Waals surface area contributed by atoms with Crippen LogP contribution in [0, 0.1) is 17.8 Å². The number of rotatable bonds is 20. The van der Waals surface area contributed by atoms with Crippen molar-refractivity contribution in [3.63, 3.8) is 0 Å². The molecule has 0 saturated carbocycles. The molecular formula is C48H59N3S6. The molecule has 0 aliphatic heterocycles. The van der Waals surface area contributed by atoms with Crippen molar-refractivity contribution in [2.45, 2.75) is 138 Å². The molecule has 0 saturated heterocycles. The first-order chi connectivity index (χ1) is 28.0. The first kappa shape index (κ1) is 40.0. The van der Waals surface area contributed by atoms with Gasteiger partial charge in [0.1, 0.15) is 0 Å². The molecule has 9 heteroatoms. The summed E-state index contributed by atoms with van der Waals surface area (Å²) in [6.07, 6.45) is 15.5. The lowest BCUT2D eigenvalue weighted by Crippen LogP contribution is -2.09. The van der Waals surface area contributed by atoms with Gasteiger partial charge in [-0.05, 0) is 84.2 Å². The van der Waals surface area contributed by atoms with Crippen LogP contribution in [0.2, 0.25) is 0 Å². The van der Waals surface area contributed by atoms with Crippen molar-refractivity contribution in [3.8, 4) is 19.5 Å². The Hall–Kier alpha value is -2.40. The molecule has 9 rings (SSSR count). The minimum absolute atomic E-state index is 0.696. The van der Waals surface area contributed by atoms with Gasteiger partial charge in [-0.1, -0.05) is 99.3 Å². The molecule has 0 aliphatic rings. The summed E-state index contributed by atoms with van der Waals surface area (Å²) >= 11 is 12.0. The highest BCUT2D eigenvalue weighted by atomic mass is 32.1. The number of hydrogen-bond donors (Lipinski definition) is 0. The zero-order valence-corrected chi connectivity index (χ0v) is 39.6. The SMILES string of the molecule is CCCCC(CC)Cn1c2ccsc2c2sc(-c3cc4c(s3)c3sc(-c5cc6c(s5)c5sccc5n6CC(CC)CCCC)cc3n4CC(CC)CCCC)cc21. The Kier molecular flexibility index (Phi) is 12.1. The smallest absolute Gasteiger partial charge is 0.0708 e. The topological polar surface area (TPSA) is 14.8 Å². The predicted molar refractivity (Wildman–Crippen MR) is 263 cm³/mol. The van der Waals surface area contributed by atoms with E-state index in [9.17, 15) is 0 Å². The van der Waals surface area contributed by atoms with Gasteiger partial charge in [-0.25, -0.2) is 0 Å². The normalized spacial score (nSPS) is 14.3. The summed E-state index contributed by atoms with van der Waals surface area (Å²) in [6.45, 7) is 17.5. The Balaban J connectivity index is 1.13. The van der Waals surface area contributed by atoms with E-state index in [1.807, 2.05) is 68.0 Å².